The first-order valence-electron chi connectivity index (χ1n) is 3.35. The molecule has 0 aliphatic carbocycles. The summed E-state index contributed by atoms with van der Waals surface area (Å²) in [7, 11) is -3.53. The number of halogens is 1. The highest BCUT2D eigenvalue weighted by Crippen LogP contribution is 2.03. The van der Waals surface area contributed by atoms with Crippen LogP contribution in [0.15, 0.2) is 28.9 Å². The lowest BCUT2D eigenvalue weighted by atomic mass is 10.7. The van der Waals surface area contributed by atoms with Crippen molar-refractivity contribution in [3.05, 3.63) is 23.9 Å². The van der Waals surface area contributed by atoms with Gasteiger partial charge in [-0.25, -0.2) is 13.1 Å². The fraction of sp³-hybridized carbons (Fsp3) is 0.167. The van der Waals surface area contributed by atoms with Gasteiger partial charge in [-0.05, 0) is 6.07 Å². The van der Waals surface area contributed by atoms with Crippen LogP contribution < -0.4 is 4.72 Å². The minimum absolute atomic E-state index is 0.00289. The molecule has 0 aliphatic rings. The third-order valence-corrected chi connectivity index (χ3v) is 2.68. The number of hydrogen-bond donors (Lipinski definition) is 2. The molecule has 5 nitrogen and oxygen atoms in total. The molecule has 1 aromatic rings. The van der Waals surface area contributed by atoms with Gasteiger partial charge in [0.05, 0.1) is 6.20 Å². The Hall–Kier alpha value is -0.850. The molecule has 0 saturated heterocycles. The molecule has 0 radical (unpaired) electrons. The van der Waals surface area contributed by atoms with Crippen molar-refractivity contribution in [1.82, 2.24) is 14.9 Å². The van der Waals surface area contributed by atoms with Crippen molar-refractivity contribution < 1.29 is 8.42 Å². The predicted octanol–water partition coefficient (Wildman–Crippen LogP) is 0.441. The predicted molar refractivity (Wildman–Crippen MR) is 48.8 cm³/mol. The van der Waals surface area contributed by atoms with Crippen LogP contribution in [0.2, 0.25) is 0 Å². The van der Waals surface area contributed by atoms with Crippen molar-refractivity contribution in [2.75, 3.05) is 6.54 Å². The molecule has 0 spiro atoms. The van der Waals surface area contributed by atoms with Gasteiger partial charge in [-0.1, -0.05) is 18.2 Å². The smallest absolute Gasteiger partial charge is 0.257 e. The van der Waals surface area contributed by atoms with Crippen LogP contribution in [-0.4, -0.2) is 25.2 Å². The van der Waals surface area contributed by atoms with Crippen LogP contribution in [0, 0.1) is 0 Å². The summed E-state index contributed by atoms with van der Waals surface area (Å²) in [6, 6.07) is 1.35. The molecule has 2 N–H and O–H groups in total. The molecular formula is C6H8ClN3O2S. The SMILES string of the molecule is C=C(Cl)CNS(=O)(=O)c1ccn[nH]1. The molecular weight excluding hydrogens is 214 g/mol. The van der Waals surface area contributed by atoms with Crippen molar-refractivity contribution in [1.29, 1.82) is 0 Å². The minimum atomic E-state index is -3.53. The van der Waals surface area contributed by atoms with E-state index in [0.29, 0.717) is 0 Å². The third kappa shape index (κ3) is 2.83. The van der Waals surface area contributed by atoms with Crippen molar-refractivity contribution in [3.8, 4) is 0 Å². The van der Waals surface area contributed by atoms with Crippen LogP contribution in [-0.2, 0) is 10.0 Å². The molecule has 0 bridgehead atoms. The minimum Gasteiger partial charge on any atom is -0.266 e. The molecule has 0 unspecified atom stereocenters. The normalized spacial score (nSPS) is 11.5. The van der Waals surface area contributed by atoms with E-state index in [0.717, 1.165) is 0 Å². The molecule has 7 heteroatoms. The van der Waals surface area contributed by atoms with Crippen LogP contribution in [0.3, 0.4) is 0 Å². The molecule has 1 heterocycles. The number of rotatable bonds is 4. The number of nitrogens with zero attached hydrogens (tertiary/aromatic N) is 1. The van der Waals surface area contributed by atoms with Gasteiger partial charge in [-0.15, -0.1) is 0 Å². The van der Waals surface area contributed by atoms with Gasteiger partial charge in [0.15, 0.2) is 5.03 Å². The second-order valence-corrected chi connectivity index (χ2v) is 4.53. The van der Waals surface area contributed by atoms with Gasteiger partial charge < -0.3 is 0 Å². The van der Waals surface area contributed by atoms with Gasteiger partial charge in [0.25, 0.3) is 10.0 Å². The molecule has 0 aliphatic heterocycles. The Kier molecular flexibility index (Phi) is 3.07. The average molecular weight is 222 g/mol. The zero-order valence-electron chi connectivity index (χ0n) is 6.62. The van der Waals surface area contributed by atoms with Crippen molar-refractivity contribution >= 4 is 21.6 Å². The van der Waals surface area contributed by atoms with Gasteiger partial charge >= 0.3 is 0 Å². The maximum atomic E-state index is 11.3. The van der Waals surface area contributed by atoms with Crippen molar-refractivity contribution in [3.63, 3.8) is 0 Å². The molecule has 1 rings (SSSR count). The Balaban J connectivity index is 2.74. The van der Waals surface area contributed by atoms with E-state index in [1.165, 1.54) is 12.3 Å². The quantitative estimate of drug-likeness (QED) is 0.775. The zero-order chi connectivity index (χ0) is 9.90. The van der Waals surface area contributed by atoms with Gasteiger partial charge in [0, 0.05) is 11.6 Å². The Bertz CT molecular complexity index is 384. The summed E-state index contributed by atoms with van der Waals surface area (Å²) in [6.07, 6.45) is 1.35. The highest BCUT2D eigenvalue weighted by Gasteiger charge is 2.14. The van der Waals surface area contributed by atoms with Crippen LogP contribution in [0.1, 0.15) is 0 Å². The van der Waals surface area contributed by atoms with Crippen LogP contribution in [0.4, 0.5) is 0 Å². The Morgan fingerprint density at radius 1 is 1.77 bits per heavy atom. The van der Waals surface area contributed by atoms with E-state index in [4.69, 9.17) is 11.6 Å². The fourth-order valence-corrected chi connectivity index (χ4v) is 1.72. The summed E-state index contributed by atoms with van der Waals surface area (Å²) in [5, 5.41) is 6.07. The number of hydrogen-bond acceptors (Lipinski definition) is 3. The van der Waals surface area contributed by atoms with E-state index >= 15 is 0 Å². The molecule has 0 atom stereocenters. The van der Waals surface area contributed by atoms with Crippen molar-refractivity contribution in [2.45, 2.75) is 5.03 Å². The topological polar surface area (TPSA) is 74.8 Å². The molecule has 72 valence electrons. The van der Waals surface area contributed by atoms with E-state index in [2.05, 4.69) is 21.5 Å². The standard InChI is InChI=1S/C6H8ClN3O2S/c1-5(7)4-9-13(11,12)6-2-3-8-10-6/h2-3,9H,1,4H2,(H,8,10). The molecule has 0 amide bonds. The van der Waals surface area contributed by atoms with Gasteiger partial charge in [-0.3, -0.25) is 5.10 Å². The summed E-state index contributed by atoms with van der Waals surface area (Å²) < 4.78 is 24.9. The second-order valence-electron chi connectivity index (χ2n) is 2.26. The van der Waals surface area contributed by atoms with E-state index in [-0.39, 0.29) is 16.6 Å². The van der Waals surface area contributed by atoms with Crippen LogP contribution in [0.5, 0.6) is 0 Å². The number of H-pyrrole nitrogens is 1. The summed E-state index contributed by atoms with van der Waals surface area (Å²) in [5.74, 6) is 0. The van der Waals surface area contributed by atoms with Crippen molar-refractivity contribution in [2.24, 2.45) is 0 Å². The highest BCUT2D eigenvalue weighted by atomic mass is 35.5. The van der Waals surface area contributed by atoms with Crippen LogP contribution in [0.25, 0.3) is 0 Å². The summed E-state index contributed by atoms with van der Waals surface area (Å²) in [6.45, 7) is 3.36. The monoisotopic (exact) mass is 221 g/mol. The lowest BCUT2D eigenvalue weighted by Crippen LogP contribution is -2.25. The zero-order valence-corrected chi connectivity index (χ0v) is 8.19. The average Bonchev–Trinajstić information content (AvgIpc) is 2.53. The van der Waals surface area contributed by atoms with E-state index in [1.54, 1.807) is 0 Å². The van der Waals surface area contributed by atoms with Gasteiger partial charge in [-0.2, -0.15) is 5.10 Å². The summed E-state index contributed by atoms with van der Waals surface area (Å²) in [5.41, 5.74) is 0. The number of nitrogens with one attached hydrogen (secondary N) is 2. The Labute approximate surface area is 80.8 Å². The van der Waals surface area contributed by atoms with Gasteiger partial charge in [0.1, 0.15) is 0 Å². The molecule has 0 fully saturated rings. The number of aromatic amines is 1. The van der Waals surface area contributed by atoms with Gasteiger partial charge in [0.2, 0.25) is 0 Å². The Morgan fingerprint density at radius 3 is 2.92 bits per heavy atom. The lowest BCUT2D eigenvalue weighted by Gasteiger charge is -2.01. The molecule has 13 heavy (non-hydrogen) atoms. The first-order chi connectivity index (χ1) is 6.02. The Morgan fingerprint density at radius 2 is 2.46 bits per heavy atom. The second kappa shape index (κ2) is 3.91. The molecule has 0 aromatic carbocycles. The summed E-state index contributed by atoms with van der Waals surface area (Å²) in [4.78, 5) is 0. The number of sulfonamides is 1. The van der Waals surface area contributed by atoms with E-state index in [9.17, 15) is 8.42 Å². The molecule has 1 aromatic heterocycles. The number of aromatic nitrogens is 2. The van der Waals surface area contributed by atoms with Crippen LogP contribution >= 0.6 is 11.6 Å². The van der Waals surface area contributed by atoms with E-state index < -0.39 is 10.0 Å². The summed E-state index contributed by atoms with van der Waals surface area (Å²) >= 11 is 5.40. The third-order valence-electron chi connectivity index (χ3n) is 1.22. The first-order valence-corrected chi connectivity index (χ1v) is 5.21. The molecule has 0 saturated carbocycles. The first kappa shape index (κ1) is 10.2. The highest BCUT2D eigenvalue weighted by molar-refractivity contribution is 7.89. The maximum Gasteiger partial charge on any atom is 0.257 e. The largest absolute Gasteiger partial charge is 0.266 e. The maximum absolute atomic E-state index is 11.3. The lowest BCUT2D eigenvalue weighted by molar-refractivity contribution is 0.581. The fourth-order valence-electron chi connectivity index (χ4n) is 0.644. The van der Waals surface area contributed by atoms with E-state index in [1.807, 2.05) is 0 Å².